The minimum absolute atomic E-state index is 0.0498. The van der Waals surface area contributed by atoms with Gasteiger partial charge in [-0.05, 0) is 6.07 Å². The molecule has 0 aliphatic carbocycles. The van der Waals surface area contributed by atoms with Gasteiger partial charge in [0.25, 0.3) is 12.9 Å². The molecule has 1 heterocycles. The highest BCUT2D eigenvalue weighted by molar-refractivity contribution is 5.75. The van der Waals surface area contributed by atoms with Crippen molar-refractivity contribution in [3.05, 3.63) is 17.5 Å². The smallest absolute Gasteiger partial charge is 0.282 e. The zero-order valence-electron chi connectivity index (χ0n) is 9.12. The molecule has 18 heavy (non-hydrogen) atoms. The van der Waals surface area contributed by atoms with E-state index >= 15 is 0 Å². The second kappa shape index (κ2) is 6.34. The Morgan fingerprint density at radius 2 is 2.06 bits per heavy atom. The number of aliphatic hydroxyl groups is 1. The predicted octanol–water partition coefficient (Wildman–Crippen LogP) is 0.867. The Kier molecular flexibility index (Phi) is 5.08. The molecule has 0 aromatic carbocycles. The molecule has 2 N–H and O–H groups in total. The summed E-state index contributed by atoms with van der Waals surface area (Å²) in [5.41, 5.74) is -1.55. The standard InChI is InChI=1S/C9H11F4N3O2/c10-8(11)5-3-6(9(12)13)16(15-5)4-7(18)14-1-2-17/h3,8-9,17H,1-2,4H2,(H,14,18). The third-order valence-electron chi connectivity index (χ3n) is 2.00. The molecule has 0 aliphatic rings. The molecule has 0 bridgehead atoms. The molecule has 0 aliphatic heterocycles. The van der Waals surface area contributed by atoms with E-state index in [0.717, 1.165) is 0 Å². The van der Waals surface area contributed by atoms with Crippen LogP contribution in [0.5, 0.6) is 0 Å². The average molecular weight is 269 g/mol. The monoisotopic (exact) mass is 269 g/mol. The summed E-state index contributed by atoms with van der Waals surface area (Å²) in [6.45, 7) is -0.965. The molecule has 0 radical (unpaired) electrons. The van der Waals surface area contributed by atoms with Crippen LogP contribution < -0.4 is 5.32 Å². The van der Waals surface area contributed by atoms with Crippen molar-refractivity contribution in [1.29, 1.82) is 0 Å². The van der Waals surface area contributed by atoms with Crippen LogP contribution >= 0.6 is 0 Å². The lowest BCUT2D eigenvalue weighted by atomic mass is 10.3. The zero-order valence-corrected chi connectivity index (χ0v) is 9.12. The number of amides is 1. The van der Waals surface area contributed by atoms with Gasteiger partial charge in [-0.25, -0.2) is 17.6 Å². The van der Waals surface area contributed by atoms with Crippen LogP contribution in [0.3, 0.4) is 0 Å². The van der Waals surface area contributed by atoms with Crippen molar-refractivity contribution >= 4 is 5.91 Å². The highest BCUT2D eigenvalue weighted by atomic mass is 19.3. The number of carbonyl (C=O) groups is 1. The number of hydrogen-bond acceptors (Lipinski definition) is 3. The van der Waals surface area contributed by atoms with Crippen molar-refractivity contribution in [3.63, 3.8) is 0 Å². The molecule has 102 valence electrons. The number of aromatic nitrogens is 2. The molecule has 5 nitrogen and oxygen atoms in total. The number of halogens is 4. The lowest BCUT2D eigenvalue weighted by Gasteiger charge is -2.06. The van der Waals surface area contributed by atoms with Gasteiger partial charge >= 0.3 is 0 Å². The summed E-state index contributed by atoms with van der Waals surface area (Å²) >= 11 is 0. The topological polar surface area (TPSA) is 67.2 Å². The third kappa shape index (κ3) is 3.69. The Balaban J connectivity index is 2.82. The van der Waals surface area contributed by atoms with Crippen LogP contribution in [-0.2, 0) is 11.3 Å². The van der Waals surface area contributed by atoms with Crippen molar-refractivity contribution in [3.8, 4) is 0 Å². The van der Waals surface area contributed by atoms with E-state index in [9.17, 15) is 22.4 Å². The lowest BCUT2D eigenvalue weighted by molar-refractivity contribution is -0.122. The first kappa shape index (κ1) is 14.4. The van der Waals surface area contributed by atoms with Crippen LogP contribution in [-0.4, -0.2) is 33.9 Å². The maximum Gasteiger partial charge on any atom is 0.282 e. The van der Waals surface area contributed by atoms with Crippen molar-refractivity contribution < 1.29 is 27.5 Å². The van der Waals surface area contributed by atoms with E-state index < -0.39 is 36.7 Å². The highest BCUT2D eigenvalue weighted by Gasteiger charge is 2.22. The molecule has 0 atom stereocenters. The Hall–Kier alpha value is -1.64. The maximum atomic E-state index is 12.5. The van der Waals surface area contributed by atoms with Crippen molar-refractivity contribution in [2.75, 3.05) is 13.2 Å². The Morgan fingerprint density at radius 3 is 2.56 bits per heavy atom. The minimum atomic E-state index is -3.00. The largest absolute Gasteiger partial charge is 0.395 e. The van der Waals surface area contributed by atoms with Gasteiger partial charge in [-0.3, -0.25) is 9.48 Å². The molecule has 9 heteroatoms. The normalized spacial score (nSPS) is 11.3. The van der Waals surface area contributed by atoms with Crippen molar-refractivity contribution in [2.24, 2.45) is 0 Å². The molecular formula is C9H11F4N3O2. The summed E-state index contributed by atoms with van der Waals surface area (Å²) in [7, 11) is 0. The average Bonchev–Trinajstić information content (AvgIpc) is 2.70. The molecule has 0 saturated carbocycles. The predicted molar refractivity (Wildman–Crippen MR) is 52.2 cm³/mol. The van der Waals surface area contributed by atoms with E-state index in [1.807, 2.05) is 0 Å². The number of alkyl halides is 4. The van der Waals surface area contributed by atoms with Crippen LogP contribution in [0.15, 0.2) is 6.07 Å². The second-order valence-corrected chi connectivity index (χ2v) is 3.33. The first-order valence-corrected chi connectivity index (χ1v) is 4.97. The van der Waals surface area contributed by atoms with Crippen molar-refractivity contribution in [2.45, 2.75) is 19.4 Å². The molecule has 0 saturated heterocycles. The van der Waals surface area contributed by atoms with Gasteiger partial charge in [0.2, 0.25) is 5.91 Å². The first-order valence-electron chi connectivity index (χ1n) is 4.97. The fourth-order valence-electron chi connectivity index (χ4n) is 1.25. The van der Waals surface area contributed by atoms with E-state index in [1.54, 1.807) is 0 Å². The summed E-state index contributed by atoms with van der Waals surface area (Å²) in [5.74, 6) is -0.699. The third-order valence-corrected chi connectivity index (χ3v) is 2.00. The first-order chi connectivity index (χ1) is 8.45. The van der Waals surface area contributed by atoms with E-state index in [0.29, 0.717) is 10.7 Å². The van der Waals surface area contributed by atoms with Gasteiger partial charge in [0.05, 0.1) is 6.61 Å². The van der Waals surface area contributed by atoms with E-state index in [-0.39, 0.29) is 13.2 Å². The van der Waals surface area contributed by atoms with Gasteiger partial charge in [0.15, 0.2) is 0 Å². The lowest BCUT2D eigenvalue weighted by Crippen LogP contribution is -2.30. The van der Waals surface area contributed by atoms with Crippen LogP contribution in [0.4, 0.5) is 17.6 Å². The summed E-state index contributed by atoms with van der Waals surface area (Å²) in [6.07, 6.45) is -5.99. The van der Waals surface area contributed by atoms with Crippen LogP contribution in [0.25, 0.3) is 0 Å². The number of nitrogens with one attached hydrogen (secondary N) is 1. The maximum absolute atomic E-state index is 12.5. The molecule has 0 unspecified atom stereocenters. The van der Waals surface area contributed by atoms with Crippen molar-refractivity contribution in [1.82, 2.24) is 15.1 Å². The summed E-state index contributed by atoms with van der Waals surface area (Å²) in [6, 6.07) is 0.564. The van der Waals surface area contributed by atoms with Crippen LogP contribution in [0, 0.1) is 0 Å². The van der Waals surface area contributed by atoms with Gasteiger partial charge in [0.1, 0.15) is 17.9 Å². The molecule has 0 fully saturated rings. The number of aliphatic hydroxyl groups excluding tert-OH is 1. The Labute approximate surface area is 99.4 Å². The van der Waals surface area contributed by atoms with E-state index in [1.165, 1.54) is 0 Å². The Bertz CT molecular complexity index is 409. The molecule has 1 aromatic rings. The van der Waals surface area contributed by atoms with Gasteiger partial charge in [-0.15, -0.1) is 0 Å². The van der Waals surface area contributed by atoms with E-state index in [2.05, 4.69) is 10.4 Å². The quantitative estimate of drug-likeness (QED) is 0.753. The molecule has 1 rings (SSSR count). The van der Waals surface area contributed by atoms with Crippen LogP contribution in [0.2, 0.25) is 0 Å². The molecule has 1 amide bonds. The number of rotatable bonds is 6. The zero-order chi connectivity index (χ0) is 13.7. The summed E-state index contributed by atoms with van der Waals surface area (Å²) in [4.78, 5) is 11.2. The summed E-state index contributed by atoms with van der Waals surface area (Å²) in [5, 5.41) is 13.9. The Morgan fingerprint density at radius 1 is 1.39 bits per heavy atom. The fourth-order valence-corrected chi connectivity index (χ4v) is 1.25. The highest BCUT2D eigenvalue weighted by Crippen LogP contribution is 2.24. The second-order valence-electron chi connectivity index (χ2n) is 3.33. The summed E-state index contributed by atoms with van der Waals surface area (Å²) < 4.78 is 50.2. The molecule has 1 aromatic heterocycles. The van der Waals surface area contributed by atoms with Gasteiger partial charge in [-0.2, -0.15) is 5.10 Å². The number of nitrogens with zero attached hydrogens (tertiary/aromatic N) is 2. The molecule has 0 spiro atoms. The van der Waals surface area contributed by atoms with E-state index in [4.69, 9.17) is 5.11 Å². The van der Waals surface area contributed by atoms with Gasteiger partial charge in [0, 0.05) is 6.54 Å². The van der Waals surface area contributed by atoms with Gasteiger partial charge < -0.3 is 10.4 Å². The number of hydrogen-bond donors (Lipinski definition) is 2. The van der Waals surface area contributed by atoms with Crippen LogP contribution in [0.1, 0.15) is 24.2 Å². The number of carbonyl (C=O) groups excluding carboxylic acids is 1. The molecular weight excluding hydrogens is 258 g/mol. The SMILES string of the molecule is O=C(Cn1nc(C(F)F)cc1C(F)F)NCCO. The fraction of sp³-hybridized carbons (Fsp3) is 0.556. The van der Waals surface area contributed by atoms with Gasteiger partial charge in [-0.1, -0.05) is 0 Å². The minimum Gasteiger partial charge on any atom is -0.395 e.